The van der Waals surface area contributed by atoms with E-state index in [0.717, 1.165) is 0 Å². The molecule has 0 aliphatic carbocycles. The third-order valence-electron chi connectivity index (χ3n) is 0.103. The summed E-state index contributed by atoms with van der Waals surface area (Å²) >= 11 is -1.58. The SMILES string of the molecule is O=[N+]([O-])[O-].O=[N+]([O-])[Pd][N+](=O)[O-]. The maximum atomic E-state index is 9.20. The second-order valence-electron chi connectivity index (χ2n) is 0.667. The Labute approximate surface area is 66.9 Å². The van der Waals surface area contributed by atoms with Gasteiger partial charge in [0.2, 0.25) is 0 Å². The van der Waals surface area contributed by atoms with E-state index in [2.05, 4.69) is 0 Å². The molecule has 68 valence electrons. The molecule has 0 aliphatic heterocycles. The van der Waals surface area contributed by atoms with Crippen LogP contribution in [-0.2, 0) is 18.5 Å². The maximum absolute atomic E-state index is 9.20. The standard InChI is InChI=1S/NO3.2NO2.Pd/c2-1(3)4;2*2-1-3;/q-1;;;. The third kappa shape index (κ3) is 54.2. The summed E-state index contributed by atoms with van der Waals surface area (Å²) in [6.45, 7) is 0. The molecule has 11 heteroatoms. The van der Waals surface area contributed by atoms with E-state index in [1.165, 1.54) is 0 Å². The van der Waals surface area contributed by atoms with Crippen molar-refractivity contribution >= 4 is 0 Å². The quantitative estimate of drug-likeness (QED) is 0.358. The first kappa shape index (κ1) is 12.3. The normalized spacial score (nSPS) is 7.64. The van der Waals surface area contributed by atoms with Crippen LogP contribution in [0, 0.1) is 35.6 Å². The Kier molecular flexibility index (Phi) is 7.61. The monoisotopic (exact) mass is 260 g/mol. The summed E-state index contributed by atoms with van der Waals surface area (Å²) in [4.78, 5) is 26.6. The van der Waals surface area contributed by atoms with Crippen molar-refractivity contribution in [1.82, 2.24) is 0 Å². The van der Waals surface area contributed by atoms with E-state index < -0.39 is 30.7 Å². The third-order valence-corrected chi connectivity index (χ3v) is 0.611. The van der Waals surface area contributed by atoms with Crippen molar-refractivity contribution in [3.05, 3.63) is 35.6 Å². The number of nitro groups is 2. The molecule has 0 saturated heterocycles. The first-order valence-electron chi connectivity index (χ1n) is 1.56. The molecule has 0 aromatic rings. The van der Waals surface area contributed by atoms with Gasteiger partial charge < -0.3 is 15.3 Å². The molecule has 0 bridgehead atoms. The zero-order valence-corrected chi connectivity index (χ0v) is 6.07. The summed E-state index contributed by atoms with van der Waals surface area (Å²) < 4.78 is -1.90. The molecule has 0 unspecified atom stereocenters. The van der Waals surface area contributed by atoms with Crippen LogP contribution in [0.15, 0.2) is 0 Å². The first-order valence-corrected chi connectivity index (χ1v) is 2.95. The Bertz CT molecular complexity index is 147. The van der Waals surface area contributed by atoms with Gasteiger partial charge in [0.1, 0.15) is 0 Å². The van der Waals surface area contributed by atoms with E-state index in [1.807, 2.05) is 0 Å². The molecule has 0 aromatic heterocycles. The molecule has 0 fully saturated rings. The molecule has 0 N–H and O–H groups in total. The van der Waals surface area contributed by atoms with Gasteiger partial charge in [0.05, 0.1) is 5.09 Å². The van der Waals surface area contributed by atoms with Crippen molar-refractivity contribution in [2.45, 2.75) is 0 Å². The molecule has 0 heterocycles. The molecule has 0 saturated carbocycles. The number of hydrogen-bond donors (Lipinski definition) is 0. The fraction of sp³-hybridized carbons (Fsp3) is 0. The molecular formula is N3O7Pd-. The predicted molar refractivity (Wildman–Crippen MR) is 24.4 cm³/mol. The fourth-order valence-corrected chi connectivity index (χ4v) is 0.249. The summed E-state index contributed by atoms with van der Waals surface area (Å²) in [5, 5.41) is 33.1. The second kappa shape index (κ2) is 6.78. The van der Waals surface area contributed by atoms with Crippen molar-refractivity contribution in [2.75, 3.05) is 0 Å². The average Bonchev–Trinajstić information content (AvgIpc) is 1.56. The minimum absolute atomic E-state index is 0.950. The van der Waals surface area contributed by atoms with Gasteiger partial charge >= 0.3 is 45.8 Å². The minimum atomic E-state index is -1.75. The van der Waals surface area contributed by atoms with Crippen molar-refractivity contribution in [1.29, 1.82) is 0 Å². The molecule has 0 aromatic carbocycles. The Morgan fingerprint density at radius 2 is 1.00 bits per heavy atom. The average molecular weight is 260 g/mol. The number of rotatable bonds is 2. The Hall–Kier alpha value is -1.34. The Morgan fingerprint density at radius 3 is 1.00 bits per heavy atom. The molecule has 0 aliphatic rings. The van der Waals surface area contributed by atoms with Crippen molar-refractivity contribution in [2.24, 2.45) is 0 Å². The van der Waals surface area contributed by atoms with Gasteiger partial charge in [-0.1, -0.05) is 0 Å². The number of hydrogen-bond acceptors (Lipinski definition) is 7. The van der Waals surface area contributed by atoms with E-state index in [9.17, 15) is 20.2 Å². The molecule has 10 nitrogen and oxygen atoms in total. The molecule has 0 amide bonds. The van der Waals surface area contributed by atoms with Gasteiger partial charge in [0, 0.05) is 0 Å². The summed E-state index contributed by atoms with van der Waals surface area (Å²) in [6, 6.07) is 0. The molecule has 0 spiro atoms. The predicted octanol–water partition coefficient (Wildman–Crippen LogP) is -0.787. The number of nitrogens with zero attached hydrogens (tertiary/aromatic N) is 3. The summed E-state index contributed by atoms with van der Waals surface area (Å²) in [5.74, 6) is 0. The second-order valence-corrected chi connectivity index (χ2v) is 2.11. The van der Waals surface area contributed by atoms with Crippen molar-refractivity contribution in [3.63, 3.8) is 0 Å². The van der Waals surface area contributed by atoms with Crippen molar-refractivity contribution in [3.8, 4) is 0 Å². The van der Waals surface area contributed by atoms with Crippen LogP contribution in [0.4, 0.5) is 0 Å². The van der Waals surface area contributed by atoms with Crippen molar-refractivity contribution < 1.29 is 30.7 Å². The van der Waals surface area contributed by atoms with Crippen LogP contribution in [0.2, 0.25) is 0 Å². The summed E-state index contributed by atoms with van der Waals surface area (Å²) in [5.41, 5.74) is 0. The van der Waals surface area contributed by atoms with Gasteiger partial charge in [-0.05, 0) is 0 Å². The summed E-state index contributed by atoms with van der Waals surface area (Å²) in [7, 11) is 0. The molecular weight excluding hydrogens is 260 g/mol. The van der Waals surface area contributed by atoms with E-state index in [0.29, 0.717) is 0 Å². The molecule has 0 rings (SSSR count). The van der Waals surface area contributed by atoms with Crippen LogP contribution < -0.4 is 0 Å². The Morgan fingerprint density at radius 1 is 0.818 bits per heavy atom. The van der Waals surface area contributed by atoms with Crippen LogP contribution in [0.5, 0.6) is 0 Å². The molecule has 0 radical (unpaired) electrons. The van der Waals surface area contributed by atoms with Gasteiger partial charge in [-0.3, -0.25) is 0 Å². The fourth-order valence-electron chi connectivity index (χ4n) is 0.0422. The van der Waals surface area contributed by atoms with Crippen LogP contribution in [0.1, 0.15) is 0 Å². The van der Waals surface area contributed by atoms with E-state index in [4.69, 9.17) is 15.3 Å². The van der Waals surface area contributed by atoms with Gasteiger partial charge in [-0.2, -0.15) is 0 Å². The van der Waals surface area contributed by atoms with Gasteiger partial charge in [0.25, 0.3) is 0 Å². The van der Waals surface area contributed by atoms with Crippen LogP contribution in [-0.4, -0.2) is 12.2 Å². The van der Waals surface area contributed by atoms with Gasteiger partial charge in [-0.15, -0.1) is 0 Å². The van der Waals surface area contributed by atoms with Crippen LogP contribution in [0.25, 0.3) is 0 Å². The first-order chi connectivity index (χ1) is 4.86. The van der Waals surface area contributed by atoms with E-state index in [-0.39, 0.29) is 0 Å². The zero-order chi connectivity index (χ0) is 9.44. The Balaban J connectivity index is 0. The zero-order valence-electron chi connectivity index (χ0n) is 4.52. The van der Waals surface area contributed by atoms with Crippen LogP contribution in [0.3, 0.4) is 0 Å². The van der Waals surface area contributed by atoms with E-state index >= 15 is 0 Å². The molecule has 11 heavy (non-hydrogen) atoms. The van der Waals surface area contributed by atoms with Gasteiger partial charge in [0.15, 0.2) is 0 Å². The summed E-state index contributed by atoms with van der Waals surface area (Å²) in [6.07, 6.45) is 0. The molecule has 0 atom stereocenters. The van der Waals surface area contributed by atoms with Gasteiger partial charge in [-0.25, -0.2) is 0 Å². The van der Waals surface area contributed by atoms with Crippen LogP contribution >= 0.6 is 0 Å². The topological polar surface area (TPSA) is 152 Å². The van der Waals surface area contributed by atoms with E-state index in [1.54, 1.807) is 0 Å².